The van der Waals surface area contributed by atoms with Gasteiger partial charge in [-0.25, -0.2) is 0 Å². The van der Waals surface area contributed by atoms with Crippen LogP contribution < -0.4 is 5.32 Å². The largest absolute Gasteiger partial charge is 0.349 e. The monoisotopic (exact) mass is 395 g/mol. The molecule has 1 amide bonds. The molecule has 0 saturated heterocycles. The molecule has 1 N–H and O–H groups in total. The molecular formula is C20H23Cl2NOS. The highest BCUT2D eigenvalue weighted by Crippen LogP contribution is 2.25. The van der Waals surface area contributed by atoms with Crippen molar-refractivity contribution in [2.45, 2.75) is 32.1 Å². The second-order valence-electron chi connectivity index (χ2n) is 6.39. The lowest BCUT2D eigenvalue weighted by molar-refractivity contribution is -0.119. The third-order valence-corrected chi connectivity index (χ3v) is 5.32. The Morgan fingerprint density at radius 2 is 1.84 bits per heavy atom. The summed E-state index contributed by atoms with van der Waals surface area (Å²) in [5, 5.41) is 4.42. The third-order valence-electron chi connectivity index (χ3n) is 3.75. The molecule has 0 aliphatic rings. The minimum Gasteiger partial charge on any atom is -0.349 e. The zero-order valence-corrected chi connectivity index (χ0v) is 16.8. The summed E-state index contributed by atoms with van der Waals surface area (Å²) in [6.45, 7) is 4.33. The second-order valence-corrected chi connectivity index (χ2v) is 8.22. The number of rotatable bonds is 8. The fraction of sp³-hybridized carbons (Fsp3) is 0.350. The molecule has 0 fully saturated rings. The molecule has 0 aliphatic carbocycles. The van der Waals surface area contributed by atoms with Crippen LogP contribution in [0.25, 0.3) is 0 Å². The summed E-state index contributed by atoms with van der Waals surface area (Å²) in [7, 11) is 0. The molecule has 1 atom stereocenters. The molecular weight excluding hydrogens is 373 g/mol. The van der Waals surface area contributed by atoms with Gasteiger partial charge in [-0.3, -0.25) is 4.79 Å². The van der Waals surface area contributed by atoms with E-state index in [4.69, 9.17) is 23.2 Å². The average molecular weight is 396 g/mol. The second kappa shape index (κ2) is 10.1. The molecule has 2 rings (SSSR count). The number of hydrogen-bond acceptors (Lipinski definition) is 2. The molecule has 0 aliphatic heterocycles. The number of thioether (sulfide) groups is 1. The van der Waals surface area contributed by atoms with E-state index >= 15 is 0 Å². The van der Waals surface area contributed by atoms with E-state index in [0.717, 1.165) is 17.5 Å². The van der Waals surface area contributed by atoms with Gasteiger partial charge in [-0.2, -0.15) is 0 Å². The topological polar surface area (TPSA) is 29.1 Å². The number of hydrogen-bond donors (Lipinski definition) is 1. The molecule has 0 saturated carbocycles. The maximum absolute atomic E-state index is 12.4. The normalized spacial score (nSPS) is 12.2. The van der Waals surface area contributed by atoms with Gasteiger partial charge >= 0.3 is 0 Å². The van der Waals surface area contributed by atoms with Gasteiger partial charge in [0.05, 0.1) is 11.8 Å². The summed E-state index contributed by atoms with van der Waals surface area (Å²) in [4.78, 5) is 12.4. The van der Waals surface area contributed by atoms with E-state index in [0.29, 0.717) is 27.5 Å². The van der Waals surface area contributed by atoms with E-state index in [9.17, 15) is 4.79 Å². The van der Waals surface area contributed by atoms with Gasteiger partial charge in [-0.1, -0.05) is 73.4 Å². The summed E-state index contributed by atoms with van der Waals surface area (Å²) in [5.41, 5.74) is 2.14. The van der Waals surface area contributed by atoms with Crippen molar-refractivity contribution < 1.29 is 4.79 Å². The molecule has 5 heteroatoms. The lowest BCUT2D eigenvalue weighted by atomic mass is 9.97. The van der Waals surface area contributed by atoms with Crippen molar-refractivity contribution in [2.75, 3.05) is 5.75 Å². The van der Waals surface area contributed by atoms with Crippen molar-refractivity contribution in [2.24, 2.45) is 5.92 Å². The smallest absolute Gasteiger partial charge is 0.230 e. The van der Waals surface area contributed by atoms with Gasteiger partial charge in [-0.05, 0) is 35.6 Å². The van der Waals surface area contributed by atoms with Crippen LogP contribution in [-0.2, 0) is 10.5 Å². The van der Waals surface area contributed by atoms with E-state index in [1.165, 1.54) is 0 Å². The summed E-state index contributed by atoms with van der Waals surface area (Å²) in [6, 6.07) is 15.6. The fourth-order valence-electron chi connectivity index (χ4n) is 2.56. The van der Waals surface area contributed by atoms with E-state index in [-0.39, 0.29) is 11.9 Å². The number of amides is 1. The van der Waals surface area contributed by atoms with Crippen molar-refractivity contribution >= 4 is 40.9 Å². The maximum Gasteiger partial charge on any atom is 0.230 e. The highest BCUT2D eigenvalue weighted by atomic mass is 35.5. The van der Waals surface area contributed by atoms with E-state index in [1.807, 2.05) is 30.3 Å². The van der Waals surface area contributed by atoms with E-state index in [2.05, 4.69) is 31.3 Å². The standard InChI is InChI=1S/C20H23Cl2NOS/c1-14(2)10-19(15-6-4-3-5-7-15)23-20(24)13-25-12-16-8-9-17(21)11-18(16)22/h3-9,11,14,19H,10,12-13H2,1-2H3,(H,23,24)/t19-/m1/s1. The van der Waals surface area contributed by atoms with Crippen LogP contribution in [0.5, 0.6) is 0 Å². The summed E-state index contributed by atoms with van der Waals surface area (Å²) >= 11 is 13.6. The molecule has 0 bridgehead atoms. The van der Waals surface area contributed by atoms with Crippen LogP contribution >= 0.6 is 35.0 Å². The van der Waals surface area contributed by atoms with Gasteiger partial charge in [-0.15, -0.1) is 11.8 Å². The first-order valence-electron chi connectivity index (χ1n) is 8.31. The molecule has 25 heavy (non-hydrogen) atoms. The Balaban J connectivity index is 1.88. The Bertz CT molecular complexity index is 691. The molecule has 134 valence electrons. The van der Waals surface area contributed by atoms with Crippen LogP contribution in [-0.4, -0.2) is 11.7 Å². The predicted octanol–water partition coefficient (Wildman–Crippen LogP) is 6.13. The first-order valence-corrected chi connectivity index (χ1v) is 10.2. The molecule has 2 aromatic rings. The van der Waals surface area contributed by atoms with Crippen LogP contribution in [0, 0.1) is 5.92 Å². The van der Waals surface area contributed by atoms with Crippen LogP contribution in [0.3, 0.4) is 0 Å². The van der Waals surface area contributed by atoms with E-state index < -0.39 is 0 Å². The summed E-state index contributed by atoms with van der Waals surface area (Å²) < 4.78 is 0. The van der Waals surface area contributed by atoms with Crippen molar-refractivity contribution in [3.8, 4) is 0 Å². The van der Waals surface area contributed by atoms with Crippen LogP contribution in [0.15, 0.2) is 48.5 Å². The Morgan fingerprint density at radius 1 is 1.12 bits per heavy atom. The van der Waals surface area contributed by atoms with Crippen molar-refractivity contribution in [3.05, 3.63) is 69.7 Å². The summed E-state index contributed by atoms with van der Waals surface area (Å²) in [6.07, 6.45) is 0.920. The molecule has 0 radical (unpaired) electrons. The van der Waals surface area contributed by atoms with Gasteiger partial charge < -0.3 is 5.32 Å². The maximum atomic E-state index is 12.4. The highest BCUT2D eigenvalue weighted by molar-refractivity contribution is 7.99. The minimum absolute atomic E-state index is 0.0459. The number of halogens is 2. The Kier molecular flexibility index (Phi) is 8.14. The third kappa shape index (κ3) is 6.93. The average Bonchev–Trinajstić information content (AvgIpc) is 2.56. The van der Waals surface area contributed by atoms with Crippen LogP contribution in [0.1, 0.15) is 37.4 Å². The molecule has 2 nitrogen and oxygen atoms in total. The lowest BCUT2D eigenvalue weighted by Crippen LogP contribution is -2.30. The fourth-order valence-corrected chi connectivity index (χ4v) is 3.96. The Labute approximate surface area is 164 Å². The number of benzene rings is 2. The van der Waals surface area contributed by atoms with Crippen molar-refractivity contribution in [1.29, 1.82) is 0 Å². The van der Waals surface area contributed by atoms with E-state index in [1.54, 1.807) is 17.8 Å². The lowest BCUT2D eigenvalue weighted by Gasteiger charge is -2.21. The van der Waals surface area contributed by atoms with Crippen molar-refractivity contribution in [1.82, 2.24) is 5.32 Å². The van der Waals surface area contributed by atoms with Gasteiger partial charge in [0.1, 0.15) is 0 Å². The summed E-state index contributed by atoms with van der Waals surface area (Å²) in [5.74, 6) is 1.64. The highest BCUT2D eigenvalue weighted by Gasteiger charge is 2.16. The quantitative estimate of drug-likeness (QED) is 0.582. The van der Waals surface area contributed by atoms with Gasteiger partial charge in [0, 0.05) is 15.8 Å². The molecule has 0 heterocycles. The van der Waals surface area contributed by atoms with Gasteiger partial charge in [0.2, 0.25) is 5.91 Å². The molecule has 2 aromatic carbocycles. The van der Waals surface area contributed by atoms with Crippen LogP contribution in [0.2, 0.25) is 10.0 Å². The first-order chi connectivity index (χ1) is 12.0. The zero-order chi connectivity index (χ0) is 18.2. The number of carbonyl (C=O) groups excluding carboxylic acids is 1. The van der Waals surface area contributed by atoms with Gasteiger partial charge in [0.15, 0.2) is 0 Å². The Hall–Kier alpha value is -1.16. The zero-order valence-electron chi connectivity index (χ0n) is 14.5. The molecule has 0 aromatic heterocycles. The SMILES string of the molecule is CC(C)C[C@@H](NC(=O)CSCc1ccc(Cl)cc1Cl)c1ccccc1. The first kappa shape index (κ1) is 20.2. The van der Waals surface area contributed by atoms with Crippen LogP contribution in [0.4, 0.5) is 0 Å². The number of carbonyl (C=O) groups is 1. The molecule has 0 spiro atoms. The van der Waals surface area contributed by atoms with Gasteiger partial charge in [0.25, 0.3) is 0 Å². The van der Waals surface area contributed by atoms with Crippen molar-refractivity contribution in [3.63, 3.8) is 0 Å². The number of nitrogens with one attached hydrogen (secondary N) is 1. The Morgan fingerprint density at radius 3 is 2.48 bits per heavy atom. The molecule has 0 unspecified atom stereocenters. The minimum atomic E-state index is 0.0459. The predicted molar refractivity (Wildman–Crippen MR) is 109 cm³/mol.